The van der Waals surface area contributed by atoms with Gasteiger partial charge in [0.15, 0.2) is 5.65 Å². The molecular formula is C23H23IN6S. The van der Waals surface area contributed by atoms with Crippen LogP contribution in [0.3, 0.4) is 0 Å². The van der Waals surface area contributed by atoms with E-state index in [4.69, 9.17) is 11.0 Å². The third-order valence-corrected chi connectivity index (χ3v) is 7.45. The van der Waals surface area contributed by atoms with Gasteiger partial charge in [0.1, 0.15) is 6.07 Å². The van der Waals surface area contributed by atoms with Crippen LogP contribution in [0.25, 0.3) is 22.2 Å². The maximum absolute atomic E-state index is 9.16. The van der Waals surface area contributed by atoms with Crippen molar-refractivity contribution in [1.29, 1.82) is 5.26 Å². The number of piperidine rings is 1. The van der Waals surface area contributed by atoms with Gasteiger partial charge in [-0.25, -0.2) is 4.98 Å². The Labute approximate surface area is 198 Å². The number of benzene rings is 1. The van der Waals surface area contributed by atoms with Crippen molar-refractivity contribution >= 4 is 53.3 Å². The molecule has 1 aliphatic heterocycles. The Morgan fingerprint density at radius 2 is 2.16 bits per heavy atom. The van der Waals surface area contributed by atoms with Gasteiger partial charge in [0.05, 0.1) is 11.3 Å². The lowest BCUT2D eigenvalue weighted by molar-refractivity contribution is 0.255. The summed E-state index contributed by atoms with van der Waals surface area (Å²) in [4.78, 5) is 11.6. The molecule has 31 heavy (non-hydrogen) atoms. The van der Waals surface area contributed by atoms with E-state index in [2.05, 4.69) is 83.6 Å². The van der Waals surface area contributed by atoms with Gasteiger partial charge >= 0.3 is 0 Å². The molecule has 8 heteroatoms. The second-order valence-electron chi connectivity index (χ2n) is 7.66. The Kier molecular flexibility index (Phi) is 6.95. The summed E-state index contributed by atoms with van der Waals surface area (Å²) >= 11 is 2.28. The first-order valence-electron chi connectivity index (χ1n) is 10.1. The summed E-state index contributed by atoms with van der Waals surface area (Å²) in [6.07, 6.45) is 9.00. The Morgan fingerprint density at radius 3 is 2.87 bits per heavy atom. The molecule has 1 aliphatic rings. The van der Waals surface area contributed by atoms with E-state index >= 15 is 0 Å². The molecule has 6 nitrogen and oxygen atoms in total. The van der Waals surface area contributed by atoms with Gasteiger partial charge in [0.25, 0.3) is 0 Å². The van der Waals surface area contributed by atoms with Crippen LogP contribution in [0.5, 0.6) is 0 Å². The molecule has 158 valence electrons. The smallest absolute Gasteiger partial charge is 0.151 e. The average molecular weight is 542 g/mol. The molecule has 0 unspecified atom stereocenters. The van der Waals surface area contributed by atoms with E-state index in [1.54, 1.807) is 15.3 Å². The van der Waals surface area contributed by atoms with E-state index in [-0.39, 0.29) is 0 Å². The van der Waals surface area contributed by atoms with Crippen molar-refractivity contribution < 1.29 is 0 Å². The molecule has 1 fully saturated rings. The van der Waals surface area contributed by atoms with Gasteiger partial charge in [-0.05, 0) is 74.3 Å². The summed E-state index contributed by atoms with van der Waals surface area (Å²) in [7, 11) is 3.78. The zero-order valence-electron chi connectivity index (χ0n) is 17.2. The molecule has 4 rings (SSSR count). The van der Waals surface area contributed by atoms with Crippen molar-refractivity contribution in [3.63, 3.8) is 0 Å². The van der Waals surface area contributed by atoms with E-state index in [1.165, 1.54) is 11.8 Å². The van der Waals surface area contributed by atoms with Crippen molar-refractivity contribution in [3.05, 3.63) is 60.1 Å². The SMILES string of the molecule is CN1CCC(c2cc(-c3cn(SI)c4ncccc34)ccc2/N=C\C(C#N)=C\N)CC1. The molecule has 0 aliphatic carbocycles. The van der Waals surface area contributed by atoms with Crippen molar-refractivity contribution in [3.8, 4) is 17.2 Å². The largest absolute Gasteiger partial charge is 0.403 e. The van der Waals surface area contributed by atoms with Gasteiger partial charge in [-0.15, -0.1) is 0 Å². The standard InChI is InChI=1S/C23H23IN6S/c1-29-9-6-17(7-10-29)20-11-18(4-5-22(20)28-14-16(12-25)13-26)21-15-30(31-24)23-19(21)3-2-8-27-23/h2-5,8,11-12,14-15,17H,6-7,9-10,25H2,1H3/b16-12+,28-14-. The average Bonchev–Trinajstić information content (AvgIpc) is 3.19. The maximum atomic E-state index is 9.16. The first-order valence-corrected chi connectivity index (χ1v) is 13.4. The number of hydrogen-bond donors (Lipinski definition) is 1. The summed E-state index contributed by atoms with van der Waals surface area (Å²) in [6.45, 7) is 2.14. The summed E-state index contributed by atoms with van der Waals surface area (Å²) < 4.78 is 2.10. The number of pyridine rings is 1. The zero-order valence-corrected chi connectivity index (χ0v) is 20.2. The molecule has 0 saturated carbocycles. The monoisotopic (exact) mass is 542 g/mol. The van der Waals surface area contributed by atoms with Gasteiger partial charge in [-0.3, -0.25) is 8.96 Å². The lowest BCUT2D eigenvalue weighted by Crippen LogP contribution is -2.29. The minimum Gasteiger partial charge on any atom is -0.403 e. The van der Waals surface area contributed by atoms with E-state index in [1.807, 2.05) is 12.3 Å². The van der Waals surface area contributed by atoms with Crippen LogP contribution in [-0.4, -0.2) is 40.2 Å². The maximum Gasteiger partial charge on any atom is 0.151 e. The van der Waals surface area contributed by atoms with E-state index in [9.17, 15) is 0 Å². The van der Waals surface area contributed by atoms with Gasteiger partial charge < -0.3 is 10.6 Å². The number of likely N-dealkylation sites (tertiary alicyclic amines) is 1. The fraction of sp³-hybridized carbons (Fsp3) is 0.261. The molecule has 0 radical (unpaired) electrons. The van der Waals surface area contributed by atoms with Gasteiger partial charge in [-0.2, -0.15) is 5.26 Å². The Balaban J connectivity index is 1.81. The molecule has 2 N–H and O–H groups in total. The van der Waals surface area contributed by atoms with Gasteiger partial charge in [0.2, 0.25) is 0 Å². The fourth-order valence-electron chi connectivity index (χ4n) is 4.05. The van der Waals surface area contributed by atoms with Crippen LogP contribution in [-0.2, 0) is 0 Å². The number of allylic oxidation sites excluding steroid dienone is 1. The third kappa shape index (κ3) is 4.63. The van der Waals surface area contributed by atoms with Crippen LogP contribution in [0, 0.1) is 11.3 Å². The predicted molar refractivity (Wildman–Crippen MR) is 138 cm³/mol. The van der Waals surface area contributed by atoms with Crippen LogP contribution in [0.1, 0.15) is 24.3 Å². The minimum absolute atomic E-state index is 0.353. The lowest BCUT2D eigenvalue weighted by Gasteiger charge is -2.30. The highest BCUT2D eigenvalue weighted by Crippen LogP contribution is 2.39. The molecule has 0 bridgehead atoms. The quantitative estimate of drug-likeness (QED) is 0.264. The summed E-state index contributed by atoms with van der Waals surface area (Å²) in [6, 6.07) is 12.6. The fourth-order valence-corrected chi connectivity index (χ4v) is 5.30. The molecule has 0 atom stereocenters. The van der Waals surface area contributed by atoms with Crippen LogP contribution >= 0.6 is 30.3 Å². The van der Waals surface area contributed by atoms with E-state index in [0.29, 0.717) is 11.5 Å². The van der Waals surface area contributed by atoms with E-state index < -0.39 is 0 Å². The molecular weight excluding hydrogens is 519 g/mol. The highest BCUT2D eigenvalue weighted by Gasteiger charge is 2.22. The number of nitrogens with two attached hydrogens (primary N) is 1. The number of hydrogen-bond acceptors (Lipinski definition) is 6. The number of rotatable bonds is 5. The topological polar surface area (TPSA) is 83.2 Å². The predicted octanol–water partition coefficient (Wildman–Crippen LogP) is 5.43. The number of nitrogens with zero attached hydrogens (tertiary/aromatic N) is 5. The molecule has 3 aromatic rings. The summed E-state index contributed by atoms with van der Waals surface area (Å²) in [5, 5.41) is 10.3. The highest BCUT2D eigenvalue weighted by molar-refractivity contribution is 14.2. The molecule has 1 saturated heterocycles. The molecule has 1 aromatic carbocycles. The second kappa shape index (κ2) is 9.85. The van der Waals surface area contributed by atoms with Gasteiger partial charge in [0, 0.05) is 66.1 Å². The first kappa shape index (κ1) is 21.9. The van der Waals surface area contributed by atoms with Crippen LogP contribution < -0.4 is 5.73 Å². The molecule has 2 aromatic heterocycles. The molecule has 0 amide bonds. The molecule has 0 spiro atoms. The van der Waals surface area contributed by atoms with Crippen LogP contribution in [0.15, 0.2) is 59.5 Å². The molecule has 3 heterocycles. The minimum atomic E-state index is 0.353. The number of aliphatic imine (C=N–C) groups is 1. The summed E-state index contributed by atoms with van der Waals surface area (Å²) in [5.74, 6) is 0.432. The number of fused-ring (bicyclic) bond motifs is 1. The van der Waals surface area contributed by atoms with Gasteiger partial charge in [-0.1, -0.05) is 6.07 Å². The second-order valence-corrected chi connectivity index (χ2v) is 9.37. The Hall–Kier alpha value is -2.35. The number of halogens is 1. The van der Waals surface area contributed by atoms with Crippen LogP contribution in [0.2, 0.25) is 0 Å². The highest BCUT2D eigenvalue weighted by atomic mass is 127. The number of aromatic nitrogens is 2. The van der Waals surface area contributed by atoms with E-state index in [0.717, 1.165) is 53.8 Å². The lowest BCUT2D eigenvalue weighted by atomic mass is 9.86. The first-order chi connectivity index (χ1) is 15.1. The van der Waals surface area contributed by atoms with Crippen molar-refractivity contribution in [2.24, 2.45) is 10.7 Å². The summed E-state index contributed by atoms with van der Waals surface area (Å²) in [5.41, 5.74) is 11.3. The Morgan fingerprint density at radius 1 is 1.35 bits per heavy atom. The van der Waals surface area contributed by atoms with Crippen LogP contribution in [0.4, 0.5) is 5.69 Å². The third-order valence-electron chi connectivity index (χ3n) is 5.75. The van der Waals surface area contributed by atoms with Crippen molar-refractivity contribution in [2.45, 2.75) is 18.8 Å². The zero-order chi connectivity index (χ0) is 21.8. The Bertz CT molecular complexity index is 1180. The number of nitriles is 1. The van der Waals surface area contributed by atoms with Crippen molar-refractivity contribution in [2.75, 3.05) is 20.1 Å². The van der Waals surface area contributed by atoms with Crippen molar-refractivity contribution in [1.82, 2.24) is 13.9 Å². The normalized spacial score (nSPS) is 16.2.